The van der Waals surface area contributed by atoms with E-state index in [9.17, 15) is 4.39 Å². The third-order valence-electron chi connectivity index (χ3n) is 3.14. The van der Waals surface area contributed by atoms with Crippen molar-refractivity contribution in [2.24, 2.45) is 0 Å². The second-order valence-electron chi connectivity index (χ2n) is 4.77. The number of rotatable bonds is 4. The van der Waals surface area contributed by atoms with Crippen molar-refractivity contribution in [3.05, 3.63) is 70.0 Å². The molecule has 0 aliphatic carbocycles. The van der Waals surface area contributed by atoms with Crippen molar-refractivity contribution in [1.29, 1.82) is 0 Å². The van der Waals surface area contributed by atoms with E-state index in [4.69, 9.17) is 11.6 Å². The zero-order valence-corrected chi connectivity index (χ0v) is 11.8. The summed E-state index contributed by atoms with van der Waals surface area (Å²) in [5, 5.41) is 3.54. The molecule has 3 heteroatoms. The molecule has 0 bridgehead atoms. The van der Waals surface area contributed by atoms with Crippen molar-refractivity contribution in [1.82, 2.24) is 5.32 Å². The molecule has 2 aromatic carbocycles. The first-order chi connectivity index (χ1) is 9.06. The quantitative estimate of drug-likeness (QED) is 0.858. The lowest BCUT2D eigenvalue weighted by molar-refractivity contribution is 0.569. The number of benzene rings is 2. The van der Waals surface area contributed by atoms with E-state index in [-0.39, 0.29) is 16.9 Å². The Hall–Kier alpha value is -1.38. The average Bonchev–Trinajstić information content (AvgIpc) is 2.40. The Kier molecular flexibility index (Phi) is 4.56. The molecule has 0 aromatic heterocycles. The largest absolute Gasteiger partial charge is 0.306 e. The summed E-state index contributed by atoms with van der Waals surface area (Å²) in [7, 11) is 0. The van der Waals surface area contributed by atoms with E-state index in [2.05, 4.69) is 37.4 Å². The van der Waals surface area contributed by atoms with Crippen molar-refractivity contribution < 1.29 is 4.39 Å². The molecule has 2 rings (SSSR count). The number of nitrogens with one attached hydrogen (secondary N) is 1. The van der Waals surface area contributed by atoms with E-state index in [0.29, 0.717) is 6.54 Å². The number of hydrogen-bond acceptors (Lipinski definition) is 1. The van der Waals surface area contributed by atoms with Gasteiger partial charge in [0.05, 0.1) is 5.02 Å². The smallest absolute Gasteiger partial charge is 0.142 e. The summed E-state index contributed by atoms with van der Waals surface area (Å²) in [5.74, 6) is -0.371. The summed E-state index contributed by atoms with van der Waals surface area (Å²) >= 11 is 5.66. The molecule has 0 amide bonds. The summed E-state index contributed by atoms with van der Waals surface area (Å²) < 4.78 is 13.3. The Bertz CT molecular complexity index is 568. The highest BCUT2D eigenvalue weighted by Gasteiger charge is 2.06. The second kappa shape index (κ2) is 6.18. The zero-order valence-electron chi connectivity index (χ0n) is 11.1. The fourth-order valence-corrected chi connectivity index (χ4v) is 2.10. The fourth-order valence-electron chi connectivity index (χ4n) is 1.98. The predicted molar refractivity (Wildman–Crippen MR) is 77.8 cm³/mol. The summed E-state index contributed by atoms with van der Waals surface area (Å²) in [4.78, 5) is 0. The maximum Gasteiger partial charge on any atom is 0.142 e. The molecule has 0 heterocycles. The highest BCUT2D eigenvalue weighted by molar-refractivity contribution is 6.30. The molecular formula is C16H17ClFN. The van der Waals surface area contributed by atoms with Gasteiger partial charge in [0, 0.05) is 12.6 Å². The average molecular weight is 278 g/mol. The van der Waals surface area contributed by atoms with Gasteiger partial charge in [0.2, 0.25) is 0 Å². The van der Waals surface area contributed by atoms with E-state index >= 15 is 0 Å². The maximum atomic E-state index is 13.3. The maximum absolute atomic E-state index is 13.3. The molecule has 2 aromatic rings. The van der Waals surface area contributed by atoms with Gasteiger partial charge in [0.1, 0.15) is 5.82 Å². The lowest BCUT2D eigenvalue weighted by atomic mass is 10.1. The highest BCUT2D eigenvalue weighted by Crippen LogP contribution is 2.17. The predicted octanol–water partition coefficient (Wildman–Crippen LogP) is 4.64. The van der Waals surface area contributed by atoms with Gasteiger partial charge in [0.25, 0.3) is 0 Å². The Morgan fingerprint density at radius 2 is 2.00 bits per heavy atom. The van der Waals surface area contributed by atoms with Crippen molar-refractivity contribution in [2.45, 2.75) is 26.4 Å². The molecule has 0 aliphatic rings. The molecule has 1 atom stereocenters. The van der Waals surface area contributed by atoms with E-state index < -0.39 is 0 Å². The van der Waals surface area contributed by atoms with Gasteiger partial charge in [0.15, 0.2) is 0 Å². The minimum Gasteiger partial charge on any atom is -0.306 e. The molecule has 0 saturated carbocycles. The van der Waals surface area contributed by atoms with Crippen LogP contribution in [0.5, 0.6) is 0 Å². The van der Waals surface area contributed by atoms with Gasteiger partial charge in [-0.05, 0) is 37.1 Å². The van der Waals surface area contributed by atoms with Gasteiger partial charge in [-0.25, -0.2) is 4.39 Å². The molecule has 0 spiro atoms. The summed E-state index contributed by atoms with van der Waals surface area (Å²) in [5.41, 5.74) is 3.36. The van der Waals surface area contributed by atoms with E-state index in [1.54, 1.807) is 6.07 Å². The number of aryl methyl sites for hydroxylation is 1. The third kappa shape index (κ3) is 3.79. The van der Waals surface area contributed by atoms with Crippen LogP contribution in [-0.4, -0.2) is 0 Å². The fraction of sp³-hybridized carbons (Fsp3) is 0.250. The van der Waals surface area contributed by atoms with E-state index in [0.717, 1.165) is 5.56 Å². The minimum absolute atomic E-state index is 0.162. The Balaban J connectivity index is 2.00. The molecule has 1 N–H and O–H groups in total. The van der Waals surface area contributed by atoms with Crippen LogP contribution in [0.1, 0.15) is 29.7 Å². The van der Waals surface area contributed by atoms with Crippen LogP contribution in [0, 0.1) is 12.7 Å². The van der Waals surface area contributed by atoms with Crippen LogP contribution in [0.15, 0.2) is 42.5 Å². The van der Waals surface area contributed by atoms with Gasteiger partial charge in [-0.15, -0.1) is 0 Å². The molecule has 0 fully saturated rings. The molecule has 0 aliphatic heterocycles. The summed E-state index contributed by atoms with van der Waals surface area (Å²) in [6, 6.07) is 13.5. The molecule has 19 heavy (non-hydrogen) atoms. The molecule has 0 saturated heterocycles. The topological polar surface area (TPSA) is 12.0 Å². The first kappa shape index (κ1) is 14.0. The standard InChI is InChI=1S/C16H17ClFN/c1-11-4-3-5-14(8-11)12(2)19-10-13-6-7-15(17)16(18)9-13/h3-9,12,19H,10H2,1-2H3/t12-/m0/s1. The number of hydrogen-bond donors (Lipinski definition) is 1. The molecule has 0 unspecified atom stereocenters. The Labute approximate surface area is 118 Å². The normalized spacial score (nSPS) is 12.4. The van der Waals surface area contributed by atoms with Crippen LogP contribution >= 0.6 is 11.6 Å². The van der Waals surface area contributed by atoms with E-state index in [1.165, 1.54) is 17.2 Å². The van der Waals surface area contributed by atoms with Crippen molar-refractivity contribution in [3.63, 3.8) is 0 Å². The van der Waals surface area contributed by atoms with Crippen LogP contribution < -0.4 is 5.32 Å². The van der Waals surface area contributed by atoms with Gasteiger partial charge in [-0.3, -0.25) is 0 Å². The number of halogens is 2. The van der Waals surface area contributed by atoms with Crippen LogP contribution in [0.3, 0.4) is 0 Å². The van der Waals surface area contributed by atoms with Gasteiger partial charge < -0.3 is 5.32 Å². The SMILES string of the molecule is Cc1cccc([C@H](C)NCc2ccc(Cl)c(F)c2)c1. The van der Waals surface area contributed by atoms with Crippen LogP contribution in [-0.2, 0) is 6.54 Å². The van der Waals surface area contributed by atoms with Crippen LogP contribution in [0.2, 0.25) is 5.02 Å². The van der Waals surface area contributed by atoms with Crippen LogP contribution in [0.4, 0.5) is 4.39 Å². The first-order valence-electron chi connectivity index (χ1n) is 6.30. The van der Waals surface area contributed by atoms with Crippen molar-refractivity contribution >= 4 is 11.6 Å². The monoisotopic (exact) mass is 277 g/mol. The minimum atomic E-state index is -0.371. The first-order valence-corrected chi connectivity index (χ1v) is 6.68. The highest BCUT2D eigenvalue weighted by atomic mass is 35.5. The molecular weight excluding hydrogens is 261 g/mol. The van der Waals surface area contributed by atoms with Crippen LogP contribution in [0.25, 0.3) is 0 Å². The Morgan fingerprint density at radius 3 is 2.68 bits per heavy atom. The summed E-state index contributed by atoms with van der Waals surface area (Å²) in [6.45, 7) is 4.79. The Morgan fingerprint density at radius 1 is 1.21 bits per heavy atom. The van der Waals surface area contributed by atoms with Crippen molar-refractivity contribution in [3.8, 4) is 0 Å². The lowest BCUT2D eigenvalue weighted by Crippen LogP contribution is -2.18. The molecule has 0 radical (unpaired) electrons. The second-order valence-corrected chi connectivity index (χ2v) is 5.17. The van der Waals surface area contributed by atoms with Gasteiger partial charge in [-0.2, -0.15) is 0 Å². The van der Waals surface area contributed by atoms with Gasteiger partial charge >= 0.3 is 0 Å². The van der Waals surface area contributed by atoms with Gasteiger partial charge in [-0.1, -0.05) is 47.5 Å². The summed E-state index contributed by atoms with van der Waals surface area (Å²) in [6.07, 6.45) is 0. The zero-order chi connectivity index (χ0) is 13.8. The van der Waals surface area contributed by atoms with E-state index in [1.807, 2.05) is 12.1 Å². The molecule has 1 nitrogen and oxygen atoms in total. The van der Waals surface area contributed by atoms with Crippen molar-refractivity contribution in [2.75, 3.05) is 0 Å². The third-order valence-corrected chi connectivity index (χ3v) is 3.45. The molecule has 100 valence electrons. The lowest BCUT2D eigenvalue weighted by Gasteiger charge is -2.15.